The van der Waals surface area contributed by atoms with Crippen LogP contribution in [0.2, 0.25) is 0 Å². The number of hydrogen-bond acceptors (Lipinski definition) is 5. The lowest BCUT2D eigenvalue weighted by atomic mass is 10.3. The Morgan fingerprint density at radius 1 is 1.24 bits per heavy atom. The molecule has 9 heteroatoms. The summed E-state index contributed by atoms with van der Waals surface area (Å²) in [6.07, 6.45) is -4.32. The van der Waals surface area contributed by atoms with Gasteiger partial charge in [0, 0.05) is 0 Å². The van der Waals surface area contributed by atoms with Crippen molar-refractivity contribution in [3.8, 4) is 0 Å². The minimum absolute atomic E-state index is 0.480. The van der Waals surface area contributed by atoms with Crippen LogP contribution in [0.3, 0.4) is 0 Å². The van der Waals surface area contributed by atoms with E-state index in [1.54, 1.807) is 0 Å². The van der Waals surface area contributed by atoms with Crippen molar-refractivity contribution in [2.45, 2.75) is 11.3 Å². The predicted molar refractivity (Wildman–Crippen MR) is 48.5 cm³/mol. The Morgan fingerprint density at radius 2 is 1.82 bits per heavy atom. The van der Waals surface area contributed by atoms with Crippen LogP contribution in [0.25, 0.3) is 0 Å². The molecule has 0 N–H and O–H groups in total. The molecule has 0 aliphatic carbocycles. The molecular formula is C8H4F3NO4S. The van der Waals surface area contributed by atoms with Gasteiger partial charge in [0.05, 0.1) is 5.69 Å². The first-order valence-electron chi connectivity index (χ1n) is 3.95. The average Bonchev–Trinajstić information content (AvgIpc) is 2.15. The Labute approximate surface area is 93.7 Å². The molecule has 0 amide bonds. The highest BCUT2D eigenvalue weighted by atomic mass is 32.2. The fourth-order valence-electron chi connectivity index (χ4n) is 0.979. The second kappa shape index (κ2) is 4.66. The summed E-state index contributed by atoms with van der Waals surface area (Å²) in [6, 6.07) is 4.33. The third kappa shape index (κ3) is 3.66. The Kier molecular flexibility index (Phi) is 3.66. The number of benzene rings is 1. The number of aliphatic imine (C=N–C) groups is 1. The summed E-state index contributed by atoms with van der Waals surface area (Å²) in [7, 11) is -5.07. The molecule has 0 aliphatic rings. The third-order valence-electron chi connectivity index (χ3n) is 1.50. The highest BCUT2D eigenvalue weighted by Crippen LogP contribution is 2.29. The molecule has 0 aliphatic heterocycles. The van der Waals surface area contributed by atoms with Crippen LogP contribution in [0.4, 0.5) is 18.9 Å². The highest BCUT2D eigenvalue weighted by Gasteiger charge is 2.38. The van der Waals surface area contributed by atoms with Crippen molar-refractivity contribution in [1.82, 2.24) is 0 Å². The summed E-state index contributed by atoms with van der Waals surface area (Å²) in [6.45, 7) is 0. The number of carbonyl (C=O) groups excluding carboxylic acids is 1. The zero-order valence-electron chi connectivity index (χ0n) is 7.93. The number of hydrogen-bond donors (Lipinski definition) is 0. The Hall–Kier alpha value is -1.70. The minimum atomic E-state index is -5.35. The number of halogens is 3. The minimum Gasteiger partial charge on any atom is -0.211 e. The second-order valence-corrected chi connectivity index (χ2v) is 4.17. The lowest BCUT2D eigenvalue weighted by Gasteiger charge is -2.08. The zero-order valence-corrected chi connectivity index (χ0v) is 8.75. The summed E-state index contributed by atoms with van der Waals surface area (Å²) in [4.78, 5) is 12.1. The second-order valence-electron chi connectivity index (χ2n) is 2.65. The van der Waals surface area contributed by atoms with Gasteiger partial charge in [-0.3, -0.25) is 0 Å². The van der Waals surface area contributed by atoms with Crippen LogP contribution >= 0.6 is 0 Å². The van der Waals surface area contributed by atoms with E-state index < -0.39 is 27.1 Å². The first kappa shape index (κ1) is 13.4. The van der Waals surface area contributed by atoms with Gasteiger partial charge in [-0.05, 0) is 12.1 Å². The molecule has 92 valence electrons. The van der Waals surface area contributed by atoms with E-state index in [0.717, 1.165) is 24.3 Å². The Bertz CT molecular complexity index is 560. The van der Waals surface area contributed by atoms with Crippen LogP contribution in [0.1, 0.15) is 0 Å². The smallest absolute Gasteiger partial charge is 0.211 e. The first-order chi connectivity index (χ1) is 7.76. The van der Waals surface area contributed by atoms with Crippen LogP contribution in [0, 0.1) is 0 Å². The van der Waals surface area contributed by atoms with E-state index in [4.69, 9.17) is 0 Å². The molecule has 0 atom stereocenters. The molecule has 0 saturated carbocycles. The van der Waals surface area contributed by atoms with Crippen LogP contribution < -0.4 is 0 Å². The van der Waals surface area contributed by atoms with Crippen LogP contribution in [0.5, 0.6) is 0 Å². The molecule has 0 radical (unpaired) electrons. The van der Waals surface area contributed by atoms with Crippen molar-refractivity contribution in [3.63, 3.8) is 0 Å². The molecule has 0 saturated heterocycles. The number of nitrogens with zero attached hydrogens (tertiary/aromatic N) is 1. The SMILES string of the molecule is O=C=Nc1ccccc1S(=O)(=O)OC(F)(F)F. The quantitative estimate of drug-likeness (QED) is 0.476. The van der Waals surface area contributed by atoms with Gasteiger partial charge in [-0.2, -0.15) is 17.6 Å². The van der Waals surface area contributed by atoms with E-state index in [1.807, 2.05) is 0 Å². The topological polar surface area (TPSA) is 72.8 Å². The predicted octanol–water partition coefficient (Wildman–Crippen LogP) is 1.88. The van der Waals surface area contributed by atoms with Gasteiger partial charge in [-0.25, -0.2) is 4.79 Å². The summed E-state index contributed by atoms with van der Waals surface area (Å²) < 4.78 is 60.9. The van der Waals surface area contributed by atoms with Gasteiger partial charge in [0.2, 0.25) is 6.08 Å². The van der Waals surface area contributed by atoms with Crippen molar-refractivity contribution in [2.24, 2.45) is 4.99 Å². The van der Waals surface area contributed by atoms with E-state index in [1.165, 1.54) is 6.07 Å². The molecule has 1 rings (SSSR count). The van der Waals surface area contributed by atoms with Gasteiger partial charge >= 0.3 is 16.5 Å². The van der Waals surface area contributed by atoms with Gasteiger partial charge in [-0.15, -0.1) is 13.2 Å². The van der Waals surface area contributed by atoms with E-state index in [9.17, 15) is 26.4 Å². The van der Waals surface area contributed by atoms with Crippen LogP contribution in [-0.4, -0.2) is 20.9 Å². The highest BCUT2D eigenvalue weighted by molar-refractivity contribution is 7.87. The fraction of sp³-hybridized carbons (Fsp3) is 0.125. The maximum atomic E-state index is 11.8. The van der Waals surface area contributed by atoms with Crippen LogP contribution in [0.15, 0.2) is 34.2 Å². The summed E-state index contributed by atoms with van der Waals surface area (Å²) >= 11 is 0. The number of alkyl halides is 3. The molecule has 1 aromatic carbocycles. The van der Waals surface area contributed by atoms with Gasteiger partial charge in [0.1, 0.15) is 4.90 Å². The van der Waals surface area contributed by atoms with Crippen molar-refractivity contribution in [3.05, 3.63) is 24.3 Å². The summed E-state index contributed by atoms with van der Waals surface area (Å²) in [5.74, 6) is 0. The lowest BCUT2D eigenvalue weighted by molar-refractivity contribution is -0.271. The van der Waals surface area contributed by atoms with Gasteiger partial charge in [-0.1, -0.05) is 12.1 Å². The largest absolute Gasteiger partial charge is 0.537 e. The molecule has 0 bridgehead atoms. The van der Waals surface area contributed by atoms with Gasteiger partial charge in [0.25, 0.3) is 0 Å². The number of para-hydroxylation sites is 1. The Balaban J connectivity index is 3.29. The zero-order chi connectivity index (χ0) is 13.1. The molecule has 0 aromatic heterocycles. The summed E-state index contributed by atoms with van der Waals surface area (Å²) in [5.41, 5.74) is -0.480. The maximum Gasteiger partial charge on any atom is 0.537 e. The van der Waals surface area contributed by atoms with Crippen molar-refractivity contribution in [1.29, 1.82) is 0 Å². The third-order valence-corrected chi connectivity index (χ3v) is 2.80. The maximum absolute atomic E-state index is 11.8. The molecule has 0 fully saturated rings. The standard InChI is InChI=1S/C8H4F3NO4S/c9-8(10,11)16-17(14,15)7-4-2-1-3-6(7)12-5-13/h1-4H. The fourth-order valence-corrected chi connectivity index (χ4v) is 1.93. The lowest BCUT2D eigenvalue weighted by Crippen LogP contribution is -2.19. The van der Waals surface area contributed by atoms with Crippen molar-refractivity contribution in [2.75, 3.05) is 0 Å². The van der Waals surface area contributed by atoms with E-state index >= 15 is 0 Å². The Morgan fingerprint density at radius 3 is 2.35 bits per heavy atom. The number of rotatable bonds is 3. The molecule has 17 heavy (non-hydrogen) atoms. The van der Waals surface area contributed by atoms with E-state index in [-0.39, 0.29) is 0 Å². The van der Waals surface area contributed by atoms with Gasteiger partial charge < -0.3 is 0 Å². The molecular weight excluding hydrogens is 263 g/mol. The average molecular weight is 267 g/mol. The van der Waals surface area contributed by atoms with Gasteiger partial charge in [0.15, 0.2) is 0 Å². The number of isocyanates is 1. The molecule has 0 unspecified atom stereocenters. The van der Waals surface area contributed by atoms with Crippen LogP contribution in [-0.2, 0) is 19.1 Å². The van der Waals surface area contributed by atoms with E-state index in [0.29, 0.717) is 0 Å². The molecule has 0 heterocycles. The normalized spacial score (nSPS) is 11.9. The molecule has 1 aromatic rings. The monoisotopic (exact) mass is 267 g/mol. The molecule has 0 spiro atoms. The molecule has 5 nitrogen and oxygen atoms in total. The summed E-state index contributed by atoms with van der Waals surface area (Å²) in [5, 5.41) is 0. The van der Waals surface area contributed by atoms with Crippen molar-refractivity contribution >= 4 is 21.9 Å². The van der Waals surface area contributed by atoms with E-state index in [2.05, 4.69) is 9.18 Å². The first-order valence-corrected chi connectivity index (χ1v) is 5.36. The van der Waals surface area contributed by atoms with Crippen molar-refractivity contribution < 1.29 is 30.6 Å².